The van der Waals surface area contributed by atoms with Gasteiger partial charge in [0.25, 0.3) is 0 Å². The molecular weight excluding hydrogens is 362 g/mol. The molecule has 3 aromatic rings. The minimum Gasteiger partial charge on any atom is -0.358 e. The molecule has 1 amide bonds. The minimum absolute atomic E-state index is 0. The van der Waals surface area contributed by atoms with E-state index in [-0.39, 0.29) is 30.2 Å². The number of hydrogen-bond donors (Lipinski definition) is 3. The Hall–Kier alpha value is -2.31. The molecule has 2 aromatic heterocycles. The second kappa shape index (κ2) is 7.74. The summed E-state index contributed by atoms with van der Waals surface area (Å²) in [6, 6.07) is 6.33. The van der Waals surface area contributed by atoms with Gasteiger partial charge in [0.15, 0.2) is 0 Å². The van der Waals surface area contributed by atoms with Crippen LogP contribution in [0.4, 0.5) is 0 Å². The fourth-order valence-electron chi connectivity index (χ4n) is 3.87. The normalized spacial score (nSPS) is 19.2. The third kappa shape index (κ3) is 3.73. The van der Waals surface area contributed by atoms with Crippen molar-refractivity contribution in [3.8, 4) is 0 Å². The Morgan fingerprint density at radius 1 is 1.33 bits per heavy atom. The van der Waals surface area contributed by atoms with Crippen LogP contribution < -0.4 is 10.6 Å². The van der Waals surface area contributed by atoms with Gasteiger partial charge in [0.2, 0.25) is 5.91 Å². The van der Waals surface area contributed by atoms with Gasteiger partial charge in [0.05, 0.1) is 12.1 Å². The fraction of sp³-hybridized carbons (Fsp3) is 0.400. The summed E-state index contributed by atoms with van der Waals surface area (Å²) in [6.07, 6.45) is 3.87. The van der Waals surface area contributed by atoms with E-state index in [1.165, 1.54) is 16.6 Å². The number of hydrogen-bond acceptors (Lipinski definition) is 3. The van der Waals surface area contributed by atoms with E-state index in [2.05, 4.69) is 52.8 Å². The Kier molecular flexibility index (Phi) is 5.58. The summed E-state index contributed by atoms with van der Waals surface area (Å²) in [4.78, 5) is 16.1. The SMILES string of the molecule is Cc1[nH]c2ccc(CNC(=O)[C@H]3CNC[C@@H]3c3cnn(C)c3)cc2c1C.Cl. The molecule has 3 N–H and O–H groups in total. The molecular formula is C20H26ClN5O. The van der Waals surface area contributed by atoms with Crippen LogP contribution in [0, 0.1) is 19.8 Å². The maximum Gasteiger partial charge on any atom is 0.225 e. The van der Waals surface area contributed by atoms with Crippen LogP contribution >= 0.6 is 12.4 Å². The number of carbonyl (C=O) groups is 1. The lowest BCUT2D eigenvalue weighted by Gasteiger charge is -2.17. The third-order valence-corrected chi connectivity index (χ3v) is 5.54. The van der Waals surface area contributed by atoms with Gasteiger partial charge < -0.3 is 15.6 Å². The first-order valence-electron chi connectivity index (χ1n) is 9.07. The average molecular weight is 388 g/mol. The zero-order chi connectivity index (χ0) is 18.3. The number of aromatic nitrogens is 3. The first-order valence-corrected chi connectivity index (χ1v) is 9.07. The molecule has 6 nitrogen and oxygen atoms in total. The van der Waals surface area contributed by atoms with Crippen LogP contribution in [0.2, 0.25) is 0 Å². The molecule has 27 heavy (non-hydrogen) atoms. The summed E-state index contributed by atoms with van der Waals surface area (Å²) in [5.41, 5.74) is 5.85. The largest absolute Gasteiger partial charge is 0.358 e. The molecule has 7 heteroatoms. The van der Waals surface area contributed by atoms with E-state index < -0.39 is 0 Å². The molecule has 0 aliphatic carbocycles. The second-order valence-corrected chi connectivity index (χ2v) is 7.29. The van der Waals surface area contributed by atoms with Crippen molar-refractivity contribution < 1.29 is 4.79 Å². The second-order valence-electron chi connectivity index (χ2n) is 7.29. The molecule has 1 saturated heterocycles. The lowest BCUT2D eigenvalue weighted by Crippen LogP contribution is -2.33. The molecule has 0 saturated carbocycles. The van der Waals surface area contributed by atoms with Gasteiger partial charge in [-0.15, -0.1) is 12.4 Å². The lowest BCUT2D eigenvalue weighted by molar-refractivity contribution is -0.125. The van der Waals surface area contributed by atoms with E-state index in [0.717, 1.165) is 23.2 Å². The van der Waals surface area contributed by atoms with Crippen LogP contribution in [0.1, 0.15) is 28.3 Å². The number of nitrogens with one attached hydrogen (secondary N) is 3. The van der Waals surface area contributed by atoms with E-state index in [4.69, 9.17) is 0 Å². The van der Waals surface area contributed by atoms with E-state index in [9.17, 15) is 4.79 Å². The number of H-pyrrole nitrogens is 1. The zero-order valence-corrected chi connectivity index (χ0v) is 16.7. The van der Waals surface area contributed by atoms with Crippen molar-refractivity contribution in [1.29, 1.82) is 0 Å². The molecule has 4 rings (SSSR count). The topological polar surface area (TPSA) is 74.7 Å². The molecule has 2 atom stereocenters. The molecule has 1 aliphatic heterocycles. The van der Waals surface area contributed by atoms with Gasteiger partial charge in [-0.05, 0) is 42.7 Å². The Morgan fingerprint density at radius 2 is 2.15 bits per heavy atom. The summed E-state index contributed by atoms with van der Waals surface area (Å²) < 4.78 is 1.79. The van der Waals surface area contributed by atoms with Gasteiger partial charge in [0.1, 0.15) is 0 Å². The van der Waals surface area contributed by atoms with Crippen molar-refractivity contribution in [3.05, 3.63) is 53.0 Å². The van der Waals surface area contributed by atoms with Crippen molar-refractivity contribution in [2.45, 2.75) is 26.3 Å². The van der Waals surface area contributed by atoms with Crippen molar-refractivity contribution >= 4 is 29.2 Å². The third-order valence-electron chi connectivity index (χ3n) is 5.54. The van der Waals surface area contributed by atoms with Crippen LogP contribution in [0.25, 0.3) is 10.9 Å². The van der Waals surface area contributed by atoms with E-state index in [1.54, 1.807) is 4.68 Å². The van der Waals surface area contributed by atoms with Gasteiger partial charge in [-0.25, -0.2) is 0 Å². The van der Waals surface area contributed by atoms with Gasteiger partial charge >= 0.3 is 0 Å². The average Bonchev–Trinajstić information content (AvgIpc) is 3.33. The van der Waals surface area contributed by atoms with Crippen LogP contribution in [0.3, 0.4) is 0 Å². The Labute approximate surface area is 165 Å². The molecule has 3 heterocycles. The fourth-order valence-corrected chi connectivity index (χ4v) is 3.87. The molecule has 1 aliphatic rings. The Bertz CT molecular complexity index is 961. The number of aromatic amines is 1. The van der Waals surface area contributed by atoms with Gasteiger partial charge in [-0.1, -0.05) is 6.07 Å². The lowest BCUT2D eigenvalue weighted by atomic mass is 9.90. The first kappa shape index (κ1) is 19.5. The Balaban J connectivity index is 0.00000210. The van der Waals surface area contributed by atoms with Gasteiger partial charge in [0, 0.05) is 55.4 Å². The summed E-state index contributed by atoms with van der Waals surface area (Å²) in [5, 5.41) is 11.9. The number of amides is 1. The standard InChI is InChI=1S/C20H25N5O.ClH/c1-12-13(2)24-19-5-4-14(6-16(12)19)7-22-20(26)18-10-21-9-17(18)15-8-23-25(3)11-15;/h4-6,8,11,17-18,21,24H,7,9-10H2,1-3H3,(H,22,26);1H/t17-,18+;/m1./s1. The van der Waals surface area contributed by atoms with Crippen molar-refractivity contribution in [2.24, 2.45) is 13.0 Å². The maximum atomic E-state index is 12.8. The minimum atomic E-state index is -0.0563. The predicted molar refractivity (Wildman–Crippen MR) is 109 cm³/mol. The van der Waals surface area contributed by atoms with Crippen molar-refractivity contribution in [3.63, 3.8) is 0 Å². The maximum absolute atomic E-state index is 12.8. The van der Waals surface area contributed by atoms with E-state index in [0.29, 0.717) is 13.1 Å². The van der Waals surface area contributed by atoms with Crippen LogP contribution in [-0.2, 0) is 18.4 Å². The molecule has 0 unspecified atom stereocenters. The Morgan fingerprint density at radius 3 is 2.89 bits per heavy atom. The molecule has 1 fully saturated rings. The smallest absolute Gasteiger partial charge is 0.225 e. The van der Waals surface area contributed by atoms with Crippen molar-refractivity contribution in [2.75, 3.05) is 13.1 Å². The highest BCUT2D eigenvalue weighted by molar-refractivity contribution is 5.86. The highest BCUT2D eigenvalue weighted by Gasteiger charge is 2.34. The van der Waals surface area contributed by atoms with Gasteiger partial charge in [-0.2, -0.15) is 5.10 Å². The highest BCUT2D eigenvalue weighted by atomic mass is 35.5. The molecule has 144 valence electrons. The quantitative estimate of drug-likeness (QED) is 0.644. The van der Waals surface area contributed by atoms with Gasteiger partial charge in [-0.3, -0.25) is 9.48 Å². The monoisotopic (exact) mass is 387 g/mol. The molecule has 1 aromatic carbocycles. The number of aryl methyl sites for hydroxylation is 3. The number of nitrogens with zero attached hydrogens (tertiary/aromatic N) is 2. The molecule has 0 bridgehead atoms. The first-order chi connectivity index (χ1) is 12.5. The molecule has 0 radical (unpaired) electrons. The summed E-state index contributed by atoms with van der Waals surface area (Å²) >= 11 is 0. The van der Waals surface area contributed by atoms with E-state index in [1.807, 2.05) is 19.4 Å². The number of halogens is 1. The summed E-state index contributed by atoms with van der Waals surface area (Å²) in [5.74, 6) is 0.228. The highest BCUT2D eigenvalue weighted by Crippen LogP contribution is 2.28. The van der Waals surface area contributed by atoms with Crippen LogP contribution in [-0.4, -0.2) is 33.8 Å². The number of fused-ring (bicyclic) bond motifs is 1. The van der Waals surface area contributed by atoms with E-state index >= 15 is 0 Å². The van der Waals surface area contributed by atoms with Crippen LogP contribution in [0.15, 0.2) is 30.6 Å². The van der Waals surface area contributed by atoms with Crippen LogP contribution in [0.5, 0.6) is 0 Å². The summed E-state index contributed by atoms with van der Waals surface area (Å²) in [7, 11) is 1.90. The zero-order valence-electron chi connectivity index (χ0n) is 15.9. The van der Waals surface area contributed by atoms with Crippen molar-refractivity contribution in [1.82, 2.24) is 25.4 Å². The number of rotatable bonds is 4. The predicted octanol–water partition coefficient (Wildman–Crippen LogP) is 2.56. The number of benzene rings is 1. The number of carbonyl (C=O) groups excluding carboxylic acids is 1. The molecule has 0 spiro atoms. The summed E-state index contributed by atoms with van der Waals surface area (Å²) in [6.45, 7) is 6.29.